The van der Waals surface area contributed by atoms with Crippen LogP contribution in [0.3, 0.4) is 0 Å². The largest absolute Gasteiger partial charge is 0.494 e. The number of sulfonamides is 1. The van der Waals surface area contributed by atoms with Crippen molar-refractivity contribution in [3.63, 3.8) is 0 Å². The Bertz CT molecular complexity index is 1570. The Kier molecular flexibility index (Phi) is 13.8. The van der Waals surface area contributed by atoms with Crippen LogP contribution < -0.4 is 23.8 Å². The lowest BCUT2D eigenvalue weighted by molar-refractivity contribution is -0.140. The zero-order chi connectivity index (χ0) is 33.9. The fourth-order valence-corrected chi connectivity index (χ4v) is 6.73. The molecule has 0 unspecified atom stereocenters. The van der Waals surface area contributed by atoms with Gasteiger partial charge in [0.25, 0.3) is 10.0 Å². The van der Waals surface area contributed by atoms with Gasteiger partial charge in [0.1, 0.15) is 18.3 Å². The van der Waals surface area contributed by atoms with Crippen molar-refractivity contribution in [1.82, 2.24) is 10.2 Å². The summed E-state index contributed by atoms with van der Waals surface area (Å²) in [5.74, 6) is 0.0826. The van der Waals surface area contributed by atoms with Crippen LogP contribution in [0.1, 0.15) is 45.6 Å². The second-order valence-corrected chi connectivity index (χ2v) is 12.9. The number of carbonyl (C=O) groups is 2. The summed E-state index contributed by atoms with van der Waals surface area (Å²) < 4.78 is 45.8. The maximum atomic E-state index is 14.3. The third-order valence-electron chi connectivity index (χ3n) is 7.26. The van der Waals surface area contributed by atoms with Crippen molar-refractivity contribution in [1.29, 1.82) is 0 Å². The Morgan fingerprint density at radius 2 is 1.57 bits per heavy atom. The van der Waals surface area contributed by atoms with Crippen LogP contribution >= 0.6 is 23.2 Å². The van der Waals surface area contributed by atoms with Crippen molar-refractivity contribution in [3.05, 3.63) is 76.3 Å². The maximum absolute atomic E-state index is 14.3. The van der Waals surface area contributed by atoms with E-state index in [-0.39, 0.29) is 35.2 Å². The topological polar surface area (TPSA) is 114 Å². The van der Waals surface area contributed by atoms with E-state index in [1.54, 1.807) is 49.4 Å². The van der Waals surface area contributed by atoms with E-state index >= 15 is 0 Å². The maximum Gasteiger partial charge on any atom is 0.264 e. The van der Waals surface area contributed by atoms with Crippen LogP contribution in [-0.4, -0.2) is 65.1 Å². The quantitative estimate of drug-likeness (QED) is 0.164. The van der Waals surface area contributed by atoms with E-state index in [2.05, 4.69) is 5.32 Å². The molecule has 0 aliphatic carbocycles. The van der Waals surface area contributed by atoms with Gasteiger partial charge in [0.2, 0.25) is 11.8 Å². The number of unbranched alkanes of at least 4 members (excludes halogenated alkanes) is 1. The highest BCUT2D eigenvalue weighted by atomic mass is 35.5. The zero-order valence-corrected chi connectivity index (χ0v) is 29.0. The fraction of sp³-hybridized carbons (Fsp3) is 0.394. The lowest BCUT2D eigenvalue weighted by atomic mass is 10.1. The molecule has 0 aromatic heterocycles. The molecule has 46 heavy (non-hydrogen) atoms. The molecule has 0 spiro atoms. The molecule has 3 aromatic carbocycles. The average Bonchev–Trinajstić information content (AvgIpc) is 3.05. The van der Waals surface area contributed by atoms with Gasteiger partial charge in [-0.1, -0.05) is 49.5 Å². The summed E-state index contributed by atoms with van der Waals surface area (Å²) in [6, 6.07) is 14.6. The van der Waals surface area contributed by atoms with Crippen molar-refractivity contribution in [2.45, 2.75) is 57.5 Å². The number of anilines is 1. The number of carbonyl (C=O) groups excluding carboxylic acids is 2. The van der Waals surface area contributed by atoms with Gasteiger partial charge in [0.05, 0.1) is 31.4 Å². The highest BCUT2D eigenvalue weighted by Gasteiger charge is 2.34. The van der Waals surface area contributed by atoms with Gasteiger partial charge < -0.3 is 24.4 Å². The summed E-state index contributed by atoms with van der Waals surface area (Å²) in [4.78, 5) is 29.0. The van der Waals surface area contributed by atoms with Crippen LogP contribution in [0.25, 0.3) is 0 Å². The highest BCUT2D eigenvalue weighted by molar-refractivity contribution is 7.92. The van der Waals surface area contributed by atoms with Crippen molar-refractivity contribution in [3.8, 4) is 17.2 Å². The summed E-state index contributed by atoms with van der Waals surface area (Å²) in [5.41, 5.74) is 0.650. The molecule has 0 fully saturated rings. The number of nitrogens with one attached hydrogen (secondary N) is 1. The predicted molar refractivity (Wildman–Crippen MR) is 181 cm³/mol. The van der Waals surface area contributed by atoms with Gasteiger partial charge >= 0.3 is 0 Å². The van der Waals surface area contributed by atoms with Crippen molar-refractivity contribution >= 4 is 50.7 Å². The van der Waals surface area contributed by atoms with E-state index in [9.17, 15) is 18.0 Å². The number of rotatable bonds is 17. The monoisotopic (exact) mass is 693 g/mol. The lowest BCUT2D eigenvalue weighted by Gasteiger charge is -2.33. The van der Waals surface area contributed by atoms with Crippen LogP contribution in [0.4, 0.5) is 5.69 Å². The molecule has 0 aliphatic heterocycles. The second kappa shape index (κ2) is 17.3. The highest BCUT2D eigenvalue weighted by Crippen LogP contribution is 2.33. The average molecular weight is 695 g/mol. The van der Waals surface area contributed by atoms with Crippen LogP contribution in [0.5, 0.6) is 17.2 Å². The molecule has 3 rings (SSSR count). The van der Waals surface area contributed by atoms with E-state index < -0.39 is 28.5 Å². The molecule has 3 aromatic rings. The third-order valence-corrected chi connectivity index (χ3v) is 9.74. The lowest BCUT2D eigenvalue weighted by Crippen LogP contribution is -2.52. The Labute approximate surface area is 281 Å². The Balaban J connectivity index is 2.13. The van der Waals surface area contributed by atoms with E-state index in [4.69, 9.17) is 37.4 Å². The van der Waals surface area contributed by atoms with Gasteiger partial charge in [-0.15, -0.1) is 0 Å². The molecule has 0 saturated heterocycles. The minimum Gasteiger partial charge on any atom is -0.494 e. The normalized spacial score (nSPS) is 11.8. The molecule has 1 atom stereocenters. The number of ether oxygens (including phenoxy) is 3. The van der Waals surface area contributed by atoms with Gasteiger partial charge in [-0.2, -0.15) is 0 Å². The standard InChI is InChI=1S/C33H41Cl2N3O7S/c1-6-9-19-36-33(40)29(7-2)37(21-26-27(34)11-10-12-28(26)35)32(39)22-38(23-13-15-24(16-14-23)45-8-3)46(41,42)25-17-18-30(43-4)31(20-25)44-5/h10-18,20,29H,6-9,19,21-22H2,1-5H3,(H,36,40)/t29-/m1/s1. The van der Waals surface area contributed by atoms with Crippen LogP contribution in [0, 0.1) is 0 Å². The summed E-state index contributed by atoms with van der Waals surface area (Å²) >= 11 is 13.0. The SMILES string of the molecule is CCCCNC(=O)[C@@H](CC)N(Cc1c(Cl)cccc1Cl)C(=O)CN(c1ccc(OCC)cc1)S(=O)(=O)c1ccc(OC)c(OC)c1. The predicted octanol–water partition coefficient (Wildman–Crippen LogP) is 6.33. The first-order valence-corrected chi connectivity index (χ1v) is 17.2. The van der Waals surface area contributed by atoms with E-state index in [1.165, 1.54) is 37.3 Å². The molecular weight excluding hydrogens is 653 g/mol. The molecule has 250 valence electrons. The van der Waals surface area contributed by atoms with Gasteiger partial charge in [-0.25, -0.2) is 8.42 Å². The number of amides is 2. The molecule has 0 radical (unpaired) electrons. The van der Waals surface area contributed by atoms with Crippen molar-refractivity contribution in [2.75, 3.05) is 38.2 Å². The fourth-order valence-electron chi connectivity index (χ4n) is 4.79. The third kappa shape index (κ3) is 8.98. The summed E-state index contributed by atoms with van der Waals surface area (Å²) in [6.07, 6.45) is 1.90. The molecular formula is C33H41Cl2N3O7S. The first-order valence-electron chi connectivity index (χ1n) is 15.0. The van der Waals surface area contributed by atoms with Gasteiger partial charge in [-0.3, -0.25) is 13.9 Å². The van der Waals surface area contributed by atoms with Crippen molar-refractivity contribution in [2.24, 2.45) is 0 Å². The minimum absolute atomic E-state index is 0.120. The summed E-state index contributed by atoms with van der Waals surface area (Å²) in [5, 5.41) is 3.52. The molecule has 10 nitrogen and oxygen atoms in total. The van der Waals surface area contributed by atoms with Gasteiger partial charge in [-0.05, 0) is 68.3 Å². The molecule has 2 amide bonds. The second-order valence-electron chi connectivity index (χ2n) is 10.2. The van der Waals surface area contributed by atoms with E-state index in [0.29, 0.717) is 40.3 Å². The smallest absolute Gasteiger partial charge is 0.264 e. The van der Waals surface area contributed by atoms with E-state index in [0.717, 1.165) is 17.1 Å². The van der Waals surface area contributed by atoms with Crippen LogP contribution in [0.2, 0.25) is 10.0 Å². The summed E-state index contributed by atoms with van der Waals surface area (Å²) in [7, 11) is -1.53. The minimum atomic E-state index is -4.37. The first-order chi connectivity index (χ1) is 22.0. The van der Waals surface area contributed by atoms with E-state index in [1.807, 2.05) is 13.8 Å². The van der Waals surface area contributed by atoms with Gasteiger partial charge in [0, 0.05) is 34.8 Å². The number of halogens is 2. The number of hydrogen-bond donors (Lipinski definition) is 1. The Morgan fingerprint density at radius 3 is 2.13 bits per heavy atom. The molecule has 0 bridgehead atoms. The Hall–Kier alpha value is -3.67. The number of methoxy groups -OCH3 is 2. The van der Waals surface area contributed by atoms with Crippen LogP contribution in [0.15, 0.2) is 65.6 Å². The first kappa shape index (κ1) is 36.8. The molecule has 13 heteroatoms. The summed E-state index contributed by atoms with van der Waals surface area (Å²) in [6.45, 7) is 5.73. The number of hydrogen-bond acceptors (Lipinski definition) is 7. The molecule has 1 N–H and O–H groups in total. The van der Waals surface area contributed by atoms with Crippen molar-refractivity contribution < 1.29 is 32.2 Å². The van der Waals surface area contributed by atoms with Gasteiger partial charge in [0.15, 0.2) is 11.5 Å². The number of nitrogens with zero attached hydrogens (tertiary/aromatic N) is 2. The molecule has 0 heterocycles. The zero-order valence-electron chi connectivity index (χ0n) is 26.7. The molecule has 0 saturated carbocycles. The van der Waals surface area contributed by atoms with Crippen LogP contribution in [-0.2, 0) is 26.2 Å². The Morgan fingerprint density at radius 1 is 0.913 bits per heavy atom. The number of benzene rings is 3. The molecule has 0 aliphatic rings.